The molecule has 8 heteroatoms. The molecular formula is C14H17N3O4S. The van der Waals surface area contributed by atoms with Gasteiger partial charge in [-0.1, -0.05) is 0 Å². The number of rotatable bonds is 2. The average Bonchev–Trinajstić information content (AvgIpc) is 3.21. The predicted octanol–water partition coefficient (Wildman–Crippen LogP) is 0.934. The Morgan fingerprint density at radius 2 is 1.86 bits per heavy atom. The summed E-state index contributed by atoms with van der Waals surface area (Å²) in [6.07, 6.45) is 0. The molecule has 0 saturated carbocycles. The van der Waals surface area contributed by atoms with Crippen LogP contribution in [0.2, 0.25) is 0 Å². The van der Waals surface area contributed by atoms with Gasteiger partial charge < -0.3 is 14.4 Å². The molecule has 0 N–H and O–H groups in total. The third-order valence-corrected chi connectivity index (χ3v) is 6.56. The minimum absolute atomic E-state index is 0.0768. The van der Waals surface area contributed by atoms with Crippen molar-refractivity contribution in [3.8, 4) is 0 Å². The molecule has 4 atom stereocenters. The normalized spacial score (nSPS) is 32.0. The standard InChI is InChI=1S/C14H17N3O4S/c1-16-4-6-7(5-16)12-17-10(11(6)22-12)8(13(18)20-2)9(15-17)14(19)21-3/h6-7,11-12H,4-5H2,1-3H3/t6-,7+,11-,12+/m1/s1. The minimum Gasteiger partial charge on any atom is -0.465 e. The van der Waals surface area contributed by atoms with Crippen LogP contribution in [0.25, 0.3) is 0 Å². The molecule has 2 saturated heterocycles. The number of aromatic nitrogens is 2. The lowest BCUT2D eigenvalue weighted by atomic mass is 9.87. The number of carbonyl (C=O) groups excluding carboxylic acids is 2. The van der Waals surface area contributed by atoms with E-state index in [4.69, 9.17) is 9.47 Å². The lowest BCUT2D eigenvalue weighted by Gasteiger charge is -2.23. The van der Waals surface area contributed by atoms with Crippen LogP contribution in [0.15, 0.2) is 0 Å². The zero-order chi connectivity index (χ0) is 15.6. The van der Waals surface area contributed by atoms with Crippen molar-refractivity contribution in [3.05, 3.63) is 17.0 Å². The quantitative estimate of drug-likeness (QED) is 0.750. The predicted molar refractivity (Wildman–Crippen MR) is 78.8 cm³/mol. The van der Waals surface area contributed by atoms with Crippen molar-refractivity contribution in [2.75, 3.05) is 34.4 Å². The zero-order valence-electron chi connectivity index (χ0n) is 12.6. The van der Waals surface area contributed by atoms with Crippen molar-refractivity contribution in [1.29, 1.82) is 0 Å². The number of fused-ring (bicyclic) bond motifs is 8. The van der Waals surface area contributed by atoms with Gasteiger partial charge in [-0.25, -0.2) is 9.59 Å². The maximum absolute atomic E-state index is 12.2. The van der Waals surface area contributed by atoms with E-state index in [1.807, 2.05) is 16.4 Å². The molecule has 0 aliphatic carbocycles. The van der Waals surface area contributed by atoms with Crippen LogP contribution in [0.4, 0.5) is 0 Å². The molecule has 4 heterocycles. The van der Waals surface area contributed by atoms with Crippen molar-refractivity contribution < 1.29 is 19.1 Å². The Kier molecular flexibility index (Phi) is 3.02. The smallest absolute Gasteiger partial charge is 0.359 e. The van der Waals surface area contributed by atoms with Crippen LogP contribution in [-0.4, -0.2) is 61.0 Å². The molecule has 0 aromatic carbocycles. The number of thioether (sulfide) groups is 1. The molecule has 7 nitrogen and oxygen atoms in total. The van der Waals surface area contributed by atoms with E-state index in [9.17, 15) is 9.59 Å². The second kappa shape index (κ2) is 4.73. The van der Waals surface area contributed by atoms with Crippen LogP contribution in [0.1, 0.15) is 37.2 Å². The Labute approximate surface area is 131 Å². The number of hydrogen-bond donors (Lipinski definition) is 0. The lowest BCUT2D eigenvalue weighted by Crippen LogP contribution is -2.25. The Bertz CT molecular complexity index is 673. The summed E-state index contributed by atoms with van der Waals surface area (Å²) in [4.78, 5) is 26.5. The van der Waals surface area contributed by atoms with Gasteiger partial charge in [-0.05, 0) is 13.0 Å². The van der Waals surface area contributed by atoms with Gasteiger partial charge in [0.1, 0.15) is 10.9 Å². The van der Waals surface area contributed by atoms with E-state index in [0.29, 0.717) is 11.8 Å². The van der Waals surface area contributed by atoms with Gasteiger partial charge in [-0.15, -0.1) is 11.8 Å². The molecule has 3 aliphatic heterocycles. The van der Waals surface area contributed by atoms with E-state index in [0.717, 1.165) is 18.8 Å². The molecule has 1 aromatic rings. The highest BCUT2D eigenvalue weighted by Crippen LogP contribution is 2.65. The molecule has 2 fully saturated rings. The van der Waals surface area contributed by atoms with Crippen molar-refractivity contribution in [1.82, 2.24) is 14.7 Å². The second-order valence-corrected chi connectivity index (χ2v) is 7.30. The molecule has 0 radical (unpaired) electrons. The fourth-order valence-electron chi connectivity index (χ4n) is 4.00. The fraction of sp³-hybridized carbons (Fsp3) is 0.643. The first-order valence-electron chi connectivity index (χ1n) is 7.19. The monoisotopic (exact) mass is 323 g/mol. The third-order valence-electron chi connectivity index (χ3n) is 4.86. The maximum Gasteiger partial charge on any atom is 0.359 e. The average molecular weight is 323 g/mol. The van der Waals surface area contributed by atoms with Crippen molar-refractivity contribution in [2.24, 2.45) is 11.8 Å². The summed E-state index contributed by atoms with van der Waals surface area (Å²) in [6.45, 7) is 2.04. The van der Waals surface area contributed by atoms with Gasteiger partial charge in [0.05, 0.1) is 25.2 Å². The van der Waals surface area contributed by atoms with Crippen molar-refractivity contribution in [3.63, 3.8) is 0 Å². The van der Waals surface area contributed by atoms with Gasteiger partial charge in [0.25, 0.3) is 0 Å². The van der Waals surface area contributed by atoms with Gasteiger partial charge >= 0.3 is 11.9 Å². The summed E-state index contributed by atoms with van der Waals surface area (Å²) in [5.74, 6) is -0.0897. The molecule has 0 amide bonds. The Hall–Kier alpha value is -1.54. The van der Waals surface area contributed by atoms with Gasteiger partial charge in [-0.3, -0.25) is 4.68 Å². The second-order valence-electron chi connectivity index (χ2n) is 6.03. The van der Waals surface area contributed by atoms with E-state index < -0.39 is 11.9 Å². The number of hydrogen-bond acceptors (Lipinski definition) is 7. The number of esters is 2. The first-order chi connectivity index (χ1) is 10.6. The Morgan fingerprint density at radius 1 is 1.18 bits per heavy atom. The van der Waals surface area contributed by atoms with E-state index in [1.165, 1.54) is 14.2 Å². The van der Waals surface area contributed by atoms with E-state index in [2.05, 4.69) is 17.0 Å². The SMILES string of the molecule is COC(=O)c1nn2c(c1C(=O)OC)[C@@H]1S[C@H]2[C@H]2CN(C)C[C@H]21. The van der Waals surface area contributed by atoms with Crippen molar-refractivity contribution >= 4 is 23.7 Å². The molecule has 4 rings (SSSR count). The molecule has 2 bridgehead atoms. The van der Waals surface area contributed by atoms with E-state index >= 15 is 0 Å². The van der Waals surface area contributed by atoms with Crippen LogP contribution >= 0.6 is 11.8 Å². The molecule has 0 unspecified atom stereocenters. The van der Waals surface area contributed by atoms with E-state index in [-0.39, 0.29) is 21.9 Å². The topological polar surface area (TPSA) is 73.7 Å². The molecule has 118 valence electrons. The molecular weight excluding hydrogens is 306 g/mol. The van der Waals surface area contributed by atoms with Crippen LogP contribution in [0, 0.1) is 11.8 Å². The highest BCUT2D eigenvalue weighted by atomic mass is 32.2. The number of likely N-dealkylation sites (tertiary alicyclic amines) is 1. The molecule has 1 aromatic heterocycles. The summed E-state index contributed by atoms with van der Waals surface area (Å²) >= 11 is 1.85. The third kappa shape index (κ3) is 1.65. The molecule has 22 heavy (non-hydrogen) atoms. The minimum atomic E-state index is -0.589. The zero-order valence-corrected chi connectivity index (χ0v) is 13.4. The van der Waals surface area contributed by atoms with E-state index in [1.54, 1.807) is 0 Å². The number of carbonyl (C=O) groups is 2. The largest absolute Gasteiger partial charge is 0.465 e. The van der Waals surface area contributed by atoms with Crippen LogP contribution in [0.5, 0.6) is 0 Å². The molecule has 3 aliphatic rings. The summed E-state index contributed by atoms with van der Waals surface area (Å²) in [5.41, 5.74) is 1.19. The van der Waals surface area contributed by atoms with Crippen LogP contribution in [-0.2, 0) is 9.47 Å². The Morgan fingerprint density at radius 3 is 2.55 bits per heavy atom. The maximum atomic E-state index is 12.2. The summed E-state index contributed by atoms with van der Waals surface area (Å²) in [5, 5.41) is 4.79. The van der Waals surface area contributed by atoms with Crippen LogP contribution < -0.4 is 0 Å². The van der Waals surface area contributed by atoms with Crippen LogP contribution in [0.3, 0.4) is 0 Å². The summed E-state index contributed by atoms with van der Waals surface area (Å²) in [7, 11) is 4.73. The van der Waals surface area contributed by atoms with Gasteiger partial charge in [0.2, 0.25) is 0 Å². The number of nitrogens with zero attached hydrogens (tertiary/aromatic N) is 3. The summed E-state index contributed by atoms with van der Waals surface area (Å²) in [6, 6.07) is 0. The lowest BCUT2D eigenvalue weighted by molar-refractivity contribution is 0.0551. The first kappa shape index (κ1) is 14.1. The first-order valence-corrected chi connectivity index (χ1v) is 8.14. The van der Waals surface area contributed by atoms with Gasteiger partial charge in [-0.2, -0.15) is 5.10 Å². The van der Waals surface area contributed by atoms with Crippen molar-refractivity contribution in [2.45, 2.75) is 10.6 Å². The molecule has 0 spiro atoms. The van der Waals surface area contributed by atoms with Gasteiger partial charge in [0, 0.05) is 19.0 Å². The number of methoxy groups -OCH3 is 2. The Balaban J connectivity index is 1.84. The number of ether oxygens (including phenoxy) is 2. The highest BCUT2D eigenvalue weighted by molar-refractivity contribution is 8.00. The highest BCUT2D eigenvalue weighted by Gasteiger charge is 2.58. The van der Waals surface area contributed by atoms with Gasteiger partial charge in [0.15, 0.2) is 5.69 Å². The summed E-state index contributed by atoms with van der Waals surface area (Å²) < 4.78 is 11.5. The fourth-order valence-corrected chi connectivity index (χ4v) is 5.91.